The Labute approximate surface area is 98.2 Å². The van der Waals surface area contributed by atoms with Crippen molar-refractivity contribution < 1.29 is 0 Å². The molecule has 0 aromatic carbocycles. The van der Waals surface area contributed by atoms with Crippen LogP contribution in [-0.2, 0) is 0 Å². The van der Waals surface area contributed by atoms with Crippen molar-refractivity contribution >= 4 is 0 Å². The fourth-order valence-electron chi connectivity index (χ4n) is 2.04. The van der Waals surface area contributed by atoms with Crippen LogP contribution in [-0.4, -0.2) is 9.97 Å². The van der Waals surface area contributed by atoms with Gasteiger partial charge < -0.3 is 4.98 Å². The molecule has 1 heterocycles. The Morgan fingerprint density at radius 2 is 2.31 bits per heavy atom. The smallest absolute Gasteiger partial charge is 0.0921 e. The van der Waals surface area contributed by atoms with Gasteiger partial charge in [-0.1, -0.05) is 32.9 Å². The molecule has 1 aliphatic rings. The highest BCUT2D eigenvalue weighted by molar-refractivity contribution is 5.19. The minimum Gasteiger partial charge on any atom is -0.348 e. The van der Waals surface area contributed by atoms with Crippen molar-refractivity contribution in [3.63, 3.8) is 0 Å². The fraction of sp³-hybridized carbons (Fsp3) is 0.643. The van der Waals surface area contributed by atoms with E-state index >= 15 is 0 Å². The lowest BCUT2D eigenvalue weighted by Crippen LogP contribution is -2.02. The lowest BCUT2D eigenvalue weighted by molar-refractivity contribution is 0.381. The highest BCUT2D eigenvalue weighted by Gasteiger charge is 2.36. The molecule has 0 radical (unpaired) electrons. The summed E-state index contributed by atoms with van der Waals surface area (Å²) in [5.41, 5.74) is 1.75. The van der Waals surface area contributed by atoms with Gasteiger partial charge in [-0.2, -0.15) is 0 Å². The summed E-state index contributed by atoms with van der Waals surface area (Å²) in [4.78, 5) is 7.27. The van der Waals surface area contributed by atoms with Crippen LogP contribution in [0.25, 0.3) is 0 Å². The summed E-state index contributed by atoms with van der Waals surface area (Å²) < 4.78 is 0. The third kappa shape index (κ3) is 3.22. The molecule has 0 spiro atoms. The minimum absolute atomic E-state index is 0.455. The van der Waals surface area contributed by atoms with E-state index in [-0.39, 0.29) is 0 Å². The third-order valence-electron chi connectivity index (χ3n) is 3.20. The molecule has 16 heavy (non-hydrogen) atoms. The van der Waals surface area contributed by atoms with Crippen LogP contribution in [0.4, 0.5) is 0 Å². The molecule has 2 heteroatoms. The molecule has 1 fully saturated rings. The second kappa shape index (κ2) is 4.44. The van der Waals surface area contributed by atoms with Crippen LogP contribution in [0, 0.1) is 11.3 Å². The van der Waals surface area contributed by atoms with E-state index in [1.54, 1.807) is 6.33 Å². The van der Waals surface area contributed by atoms with Crippen molar-refractivity contribution in [2.75, 3.05) is 0 Å². The Morgan fingerprint density at radius 1 is 1.50 bits per heavy atom. The minimum atomic E-state index is 0.455. The van der Waals surface area contributed by atoms with Crippen LogP contribution in [0.1, 0.15) is 51.6 Å². The molecule has 1 saturated carbocycles. The van der Waals surface area contributed by atoms with Gasteiger partial charge in [-0.05, 0) is 30.6 Å². The normalized spacial score (nSPS) is 25.2. The number of aromatic amines is 1. The molecule has 0 amide bonds. The predicted molar refractivity (Wildman–Crippen MR) is 67.3 cm³/mol. The second-order valence-corrected chi connectivity index (χ2v) is 6.04. The summed E-state index contributed by atoms with van der Waals surface area (Å²) in [6.45, 7) is 6.89. The number of allylic oxidation sites excluding steroid dienone is 2. The van der Waals surface area contributed by atoms with E-state index in [1.165, 1.54) is 25.0 Å². The maximum absolute atomic E-state index is 4.07. The first-order chi connectivity index (χ1) is 7.56. The number of H-pyrrole nitrogens is 1. The summed E-state index contributed by atoms with van der Waals surface area (Å²) in [6, 6.07) is 0. The van der Waals surface area contributed by atoms with Gasteiger partial charge in [0.05, 0.1) is 6.33 Å². The van der Waals surface area contributed by atoms with E-state index in [1.807, 2.05) is 6.20 Å². The van der Waals surface area contributed by atoms with E-state index < -0.39 is 0 Å². The Balaban J connectivity index is 1.71. The number of hydrogen-bond donors (Lipinski definition) is 1. The highest BCUT2D eigenvalue weighted by atomic mass is 14.9. The zero-order valence-electron chi connectivity index (χ0n) is 10.5. The summed E-state index contributed by atoms with van der Waals surface area (Å²) in [7, 11) is 0. The Hall–Kier alpha value is -1.05. The Morgan fingerprint density at radius 3 is 2.94 bits per heavy atom. The first-order valence-corrected chi connectivity index (χ1v) is 6.21. The number of imidazole rings is 1. The van der Waals surface area contributed by atoms with Crippen molar-refractivity contribution in [3.05, 3.63) is 30.4 Å². The summed E-state index contributed by atoms with van der Waals surface area (Å²) >= 11 is 0. The predicted octanol–water partition coefficient (Wildman–Crippen LogP) is 3.90. The molecular weight excluding hydrogens is 196 g/mol. The van der Waals surface area contributed by atoms with Gasteiger partial charge in [0.25, 0.3) is 0 Å². The van der Waals surface area contributed by atoms with Gasteiger partial charge in [-0.3, -0.25) is 0 Å². The van der Waals surface area contributed by atoms with E-state index in [4.69, 9.17) is 0 Å². The lowest BCUT2D eigenvalue weighted by atomic mass is 9.90. The first kappa shape index (κ1) is 11.4. The number of nitrogens with one attached hydrogen (secondary N) is 1. The molecule has 1 aromatic rings. The molecule has 2 rings (SSSR count). The van der Waals surface area contributed by atoms with Crippen molar-refractivity contribution in [2.24, 2.45) is 11.3 Å². The van der Waals surface area contributed by atoms with Crippen LogP contribution >= 0.6 is 0 Å². The zero-order chi connectivity index (χ0) is 11.6. The van der Waals surface area contributed by atoms with Crippen molar-refractivity contribution in [2.45, 2.75) is 46.0 Å². The Bertz CT molecular complexity index is 343. The van der Waals surface area contributed by atoms with Crippen LogP contribution < -0.4 is 0 Å². The number of aromatic nitrogens is 2. The lowest BCUT2D eigenvalue weighted by Gasteiger charge is -2.15. The number of hydrogen-bond acceptors (Lipinski definition) is 1. The van der Waals surface area contributed by atoms with Gasteiger partial charge in [0, 0.05) is 17.8 Å². The highest BCUT2D eigenvalue weighted by Crippen LogP contribution is 2.47. The van der Waals surface area contributed by atoms with Crippen LogP contribution in [0.2, 0.25) is 0 Å². The molecule has 88 valence electrons. The monoisotopic (exact) mass is 218 g/mol. The van der Waals surface area contributed by atoms with Gasteiger partial charge >= 0.3 is 0 Å². The van der Waals surface area contributed by atoms with E-state index in [0.29, 0.717) is 11.3 Å². The van der Waals surface area contributed by atoms with Crippen LogP contribution in [0.5, 0.6) is 0 Å². The van der Waals surface area contributed by atoms with E-state index in [9.17, 15) is 0 Å². The van der Waals surface area contributed by atoms with Gasteiger partial charge in [-0.25, -0.2) is 4.98 Å². The molecule has 0 unspecified atom stereocenters. The fourth-order valence-corrected chi connectivity index (χ4v) is 2.04. The number of rotatable bonds is 4. The average Bonchev–Trinajstić information content (AvgIpc) is 2.75. The third-order valence-corrected chi connectivity index (χ3v) is 3.20. The standard InChI is InChI=1S/C14H22N2/c1-14(2,3)7-5-4-6-11-8-12(11)13-9-15-10-16-13/h4,6,9-12H,5,7-8H2,1-3H3,(H,15,16)/b6-4+/t11-,12+/m1/s1. The maximum Gasteiger partial charge on any atom is 0.0921 e. The molecule has 1 N–H and O–H groups in total. The van der Waals surface area contributed by atoms with Gasteiger partial charge in [0.15, 0.2) is 0 Å². The summed E-state index contributed by atoms with van der Waals surface area (Å²) in [5, 5.41) is 0. The maximum atomic E-state index is 4.07. The number of nitrogens with zero attached hydrogens (tertiary/aromatic N) is 1. The van der Waals surface area contributed by atoms with Gasteiger partial charge in [-0.15, -0.1) is 0 Å². The molecule has 2 nitrogen and oxygen atoms in total. The SMILES string of the molecule is CC(C)(C)CC/C=C/[C@@H]1C[C@@H]1c1cnc[nH]1. The van der Waals surface area contributed by atoms with E-state index in [0.717, 1.165) is 5.92 Å². The molecule has 0 aliphatic heterocycles. The van der Waals surface area contributed by atoms with Crippen molar-refractivity contribution in [1.82, 2.24) is 9.97 Å². The molecular formula is C14H22N2. The summed E-state index contributed by atoms with van der Waals surface area (Å²) in [6.07, 6.45) is 12.2. The topological polar surface area (TPSA) is 28.7 Å². The quantitative estimate of drug-likeness (QED) is 0.763. The van der Waals surface area contributed by atoms with E-state index in [2.05, 4.69) is 42.9 Å². The van der Waals surface area contributed by atoms with Gasteiger partial charge in [0.2, 0.25) is 0 Å². The average molecular weight is 218 g/mol. The van der Waals surface area contributed by atoms with Crippen LogP contribution in [0.3, 0.4) is 0 Å². The molecule has 0 bridgehead atoms. The largest absolute Gasteiger partial charge is 0.348 e. The zero-order valence-corrected chi connectivity index (χ0v) is 10.5. The molecule has 1 aromatic heterocycles. The van der Waals surface area contributed by atoms with Gasteiger partial charge in [0.1, 0.15) is 0 Å². The molecule has 1 aliphatic carbocycles. The summed E-state index contributed by atoms with van der Waals surface area (Å²) in [5.74, 6) is 1.45. The second-order valence-electron chi connectivity index (χ2n) is 6.04. The van der Waals surface area contributed by atoms with Crippen molar-refractivity contribution in [3.8, 4) is 0 Å². The molecule has 2 atom stereocenters. The Kier molecular flexibility index (Phi) is 3.17. The van der Waals surface area contributed by atoms with Crippen LogP contribution in [0.15, 0.2) is 24.7 Å². The molecule has 0 saturated heterocycles. The first-order valence-electron chi connectivity index (χ1n) is 6.21. The van der Waals surface area contributed by atoms with Crippen molar-refractivity contribution in [1.29, 1.82) is 0 Å².